The molecular weight excluding hydrogens is 346 g/mol. The van der Waals surface area contributed by atoms with Gasteiger partial charge >= 0.3 is 0 Å². The van der Waals surface area contributed by atoms with E-state index in [1.54, 1.807) is 0 Å². The smallest absolute Gasteiger partial charge is 0.261 e. The molecule has 132 valence electrons. The average Bonchev–Trinajstić information content (AvgIpc) is 3.15. The number of amides is 1. The first-order valence-corrected chi connectivity index (χ1v) is 9.29. The van der Waals surface area contributed by atoms with E-state index in [-0.39, 0.29) is 5.91 Å². The molecule has 4 aromatic heterocycles. The second kappa shape index (κ2) is 6.49. The van der Waals surface area contributed by atoms with Gasteiger partial charge in [0.05, 0.1) is 10.6 Å². The Balaban J connectivity index is 1.49. The van der Waals surface area contributed by atoms with Crippen LogP contribution in [0.2, 0.25) is 0 Å². The highest BCUT2D eigenvalue weighted by Crippen LogP contribution is 2.31. The zero-order chi connectivity index (χ0) is 18.3. The van der Waals surface area contributed by atoms with E-state index in [1.165, 1.54) is 11.3 Å². The van der Waals surface area contributed by atoms with E-state index in [4.69, 9.17) is 0 Å². The number of carbonyl (C=O) groups is 1. The number of fused-ring (bicyclic) bond motifs is 2. The molecule has 0 aliphatic carbocycles. The molecule has 0 aliphatic rings. The van der Waals surface area contributed by atoms with Crippen molar-refractivity contribution in [1.82, 2.24) is 24.7 Å². The second-order valence-electron chi connectivity index (χ2n) is 6.30. The quantitative estimate of drug-likeness (QED) is 0.603. The minimum atomic E-state index is -0.0636. The summed E-state index contributed by atoms with van der Waals surface area (Å²) in [5.41, 5.74) is 3.75. The number of nitrogens with zero attached hydrogens (tertiary/aromatic N) is 4. The van der Waals surface area contributed by atoms with Crippen LogP contribution >= 0.6 is 11.3 Å². The summed E-state index contributed by atoms with van der Waals surface area (Å²) >= 11 is 1.43. The third kappa shape index (κ3) is 2.94. The molecule has 0 saturated heterocycles. The first-order chi connectivity index (χ1) is 12.5. The number of pyridine rings is 1. The van der Waals surface area contributed by atoms with Gasteiger partial charge in [-0.1, -0.05) is 6.07 Å². The molecule has 4 aromatic rings. The third-order valence-electron chi connectivity index (χ3n) is 4.37. The lowest BCUT2D eigenvalue weighted by Crippen LogP contribution is -2.25. The van der Waals surface area contributed by atoms with Gasteiger partial charge in [-0.2, -0.15) is 0 Å². The van der Waals surface area contributed by atoms with Gasteiger partial charge < -0.3 is 9.72 Å². The fraction of sp³-hybridized carbons (Fsp3) is 0.263. The Bertz CT molecular complexity index is 1090. The van der Waals surface area contributed by atoms with E-state index in [0.29, 0.717) is 17.8 Å². The van der Waals surface area contributed by atoms with E-state index >= 15 is 0 Å². The summed E-state index contributed by atoms with van der Waals surface area (Å²) in [4.78, 5) is 27.6. The normalized spacial score (nSPS) is 11.3. The van der Waals surface area contributed by atoms with Gasteiger partial charge in [0.15, 0.2) is 0 Å². The number of imidazole rings is 1. The average molecular weight is 365 g/mol. The van der Waals surface area contributed by atoms with Crippen molar-refractivity contribution < 1.29 is 4.79 Å². The van der Waals surface area contributed by atoms with Crippen molar-refractivity contribution >= 4 is 33.1 Å². The molecule has 0 spiro atoms. The van der Waals surface area contributed by atoms with E-state index in [9.17, 15) is 4.79 Å². The van der Waals surface area contributed by atoms with Gasteiger partial charge in [0.2, 0.25) is 0 Å². The third-order valence-corrected chi connectivity index (χ3v) is 5.55. The Morgan fingerprint density at radius 3 is 2.85 bits per heavy atom. The van der Waals surface area contributed by atoms with Gasteiger partial charge in [0.1, 0.15) is 16.3 Å². The Hall–Kier alpha value is -2.80. The fourth-order valence-corrected chi connectivity index (χ4v) is 4.38. The van der Waals surface area contributed by atoms with Crippen LogP contribution in [0.5, 0.6) is 0 Å². The number of aryl methyl sites for hydroxylation is 3. The monoisotopic (exact) mass is 365 g/mol. The summed E-state index contributed by atoms with van der Waals surface area (Å²) in [6.45, 7) is 6.33. The zero-order valence-electron chi connectivity index (χ0n) is 14.9. The number of hydrogen-bond donors (Lipinski definition) is 1. The van der Waals surface area contributed by atoms with Crippen molar-refractivity contribution in [3.8, 4) is 0 Å². The van der Waals surface area contributed by atoms with Gasteiger partial charge in [-0.05, 0) is 38.5 Å². The summed E-state index contributed by atoms with van der Waals surface area (Å²) in [6.07, 6.45) is 4.65. The van der Waals surface area contributed by atoms with Gasteiger partial charge in [-0.15, -0.1) is 11.3 Å². The summed E-state index contributed by atoms with van der Waals surface area (Å²) in [7, 11) is 0. The Morgan fingerprint density at radius 1 is 1.19 bits per heavy atom. The van der Waals surface area contributed by atoms with Crippen LogP contribution in [0.1, 0.15) is 32.4 Å². The Labute approximate surface area is 154 Å². The molecule has 0 aliphatic heterocycles. The molecule has 6 nitrogen and oxygen atoms in total. The van der Waals surface area contributed by atoms with Crippen LogP contribution in [-0.4, -0.2) is 31.8 Å². The number of nitrogens with one attached hydrogen (secondary N) is 1. The van der Waals surface area contributed by atoms with E-state index in [1.807, 2.05) is 55.8 Å². The van der Waals surface area contributed by atoms with Gasteiger partial charge in [0.25, 0.3) is 5.91 Å². The van der Waals surface area contributed by atoms with E-state index in [2.05, 4.69) is 20.3 Å². The maximum atomic E-state index is 12.6. The predicted octanol–water partition coefficient (Wildman–Crippen LogP) is 3.24. The predicted molar refractivity (Wildman–Crippen MR) is 103 cm³/mol. The molecule has 4 heterocycles. The molecule has 1 N–H and O–H groups in total. The molecular formula is C19H19N5OS. The number of rotatable bonds is 4. The molecule has 0 unspecified atom stereocenters. The van der Waals surface area contributed by atoms with Crippen molar-refractivity contribution in [3.63, 3.8) is 0 Å². The summed E-state index contributed by atoms with van der Waals surface area (Å²) in [6, 6.07) is 5.90. The molecule has 1 amide bonds. The fourth-order valence-electron chi connectivity index (χ4n) is 3.18. The highest BCUT2D eigenvalue weighted by atomic mass is 32.1. The first-order valence-electron chi connectivity index (χ1n) is 8.48. The topological polar surface area (TPSA) is 72.2 Å². The molecule has 7 heteroatoms. The number of thiophene rings is 1. The summed E-state index contributed by atoms with van der Waals surface area (Å²) < 4.78 is 1.98. The maximum absolute atomic E-state index is 12.6. The lowest BCUT2D eigenvalue weighted by Gasteiger charge is -2.03. The highest BCUT2D eigenvalue weighted by Gasteiger charge is 2.18. The standard InChI is InChI=1S/C19H19N5OS/c1-11-16-12(2)21-13(3)22-19(16)26-17(11)18(25)20-8-7-14-10-24-9-5-4-6-15(24)23-14/h4-6,9-10H,7-8H2,1-3H3,(H,20,25). The van der Waals surface area contributed by atoms with E-state index < -0.39 is 0 Å². The van der Waals surface area contributed by atoms with Crippen LogP contribution < -0.4 is 5.32 Å². The Morgan fingerprint density at radius 2 is 2.04 bits per heavy atom. The highest BCUT2D eigenvalue weighted by molar-refractivity contribution is 7.20. The molecule has 0 saturated carbocycles. The molecule has 26 heavy (non-hydrogen) atoms. The molecule has 4 rings (SSSR count). The summed E-state index contributed by atoms with van der Waals surface area (Å²) in [5, 5.41) is 3.99. The van der Waals surface area contributed by atoms with Crippen molar-refractivity contribution in [2.45, 2.75) is 27.2 Å². The van der Waals surface area contributed by atoms with Crippen molar-refractivity contribution in [1.29, 1.82) is 0 Å². The van der Waals surface area contributed by atoms with Crippen LogP contribution in [0, 0.1) is 20.8 Å². The molecule has 0 radical (unpaired) electrons. The molecule has 0 aromatic carbocycles. The lowest BCUT2D eigenvalue weighted by atomic mass is 10.1. The van der Waals surface area contributed by atoms with Crippen molar-refractivity contribution in [3.05, 3.63) is 58.2 Å². The van der Waals surface area contributed by atoms with Crippen LogP contribution in [0.4, 0.5) is 0 Å². The number of aromatic nitrogens is 4. The van der Waals surface area contributed by atoms with E-state index in [0.717, 1.165) is 38.6 Å². The van der Waals surface area contributed by atoms with Gasteiger partial charge in [-0.3, -0.25) is 4.79 Å². The second-order valence-corrected chi connectivity index (χ2v) is 7.30. The molecule has 0 fully saturated rings. The minimum absolute atomic E-state index is 0.0636. The van der Waals surface area contributed by atoms with Crippen molar-refractivity contribution in [2.75, 3.05) is 6.54 Å². The molecule has 0 atom stereocenters. The zero-order valence-corrected chi connectivity index (χ0v) is 15.7. The lowest BCUT2D eigenvalue weighted by molar-refractivity contribution is 0.0957. The Kier molecular flexibility index (Phi) is 4.16. The van der Waals surface area contributed by atoms with Crippen LogP contribution in [-0.2, 0) is 6.42 Å². The van der Waals surface area contributed by atoms with Crippen molar-refractivity contribution in [2.24, 2.45) is 0 Å². The molecule has 0 bridgehead atoms. The van der Waals surface area contributed by atoms with Crippen LogP contribution in [0.3, 0.4) is 0 Å². The minimum Gasteiger partial charge on any atom is -0.351 e. The van der Waals surface area contributed by atoms with Crippen LogP contribution in [0.25, 0.3) is 15.9 Å². The summed E-state index contributed by atoms with van der Waals surface area (Å²) in [5.74, 6) is 0.668. The van der Waals surface area contributed by atoms with Gasteiger partial charge in [0, 0.05) is 36.4 Å². The number of hydrogen-bond acceptors (Lipinski definition) is 5. The van der Waals surface area contributed by atoms with Gasteiger partial charge in [-0.25, -0.2) is 15.0 Å². The maximum Gasteiger partial charge on any atom is 0.261 e. The van der Waals surface area contributed by atoms with Crippen LogP contribution in [0.15, 0.2) is 30.6 Å². The number of carbonyl (C=O) groups excluding carboxylic acids is 1. The SMILES string of the molecule is Cc1nc(C)c2c(C)c(C(=O)NCCc3cn4ccccc4n3)sc2n1. The largest absolute Gasteiger partial charge is 0.351 e. The first kappa shape index (κ1) is 16.7.